The Hall–Kier alpha value is -3.55. The molecule has 3 aromatic carbocycles. The van der Waals surface area contributed by atoms with Crippen molar-refractivity contribution in [3.63, 3.8) is 0 Å². The smallest absolute Gasteiger partial charge is 0.258 e. The molecular formula is C30H29ClFN5O. The molecule has 4 aromatic rings. The highest BCUT2D eigenvalue weighted by Gasteiger charge is 2.42. The normalized spacial score (nSPS) is 17.7. The summed E-state index contributed by atoms with van der Waals surface area (Å²) in [6.45, 7) is 3.22. The SMILES string of the molecule is Cn1cnnc1[C@@](F)(c1ccccc1)c1cccc(N2Cc3c(Cl)cc(CNC4(C)CCC4)cc3C2=O)c1. The van der Waals surface area contributed by atoms with Crippen LogP contribution in [0, 0.1) is 0 Å². The standard InChI is InChI=1S/C30H29ClFN5O/c1-29(12-7-13-29)33-17-20-14-24-25(26(31)15-20)18-37(27(24)38)23-11-6-10-22(16-23)30(32,21-8-4-3-5-9-21)28-35-34-19-36(28)2/h3-6,8-11,14-16,19,33H,7,12-13,17-18H2,1-2H3/t30-/m1/s1. The van der Waals surface area contributed by atoms with Crippen LogP contribution in [-0.4, -0.2) is 26.2 Å². The van der Waals surface area contributed by atoms with Crippen LogP contribution < -0.4 is 10.2 Å². The molecule has 8 heteroatoms. The van der Waals surface area contributed by atoms with Gasteiger partial charge in [-0.2, -0.15) is 0 Å². The van der Waals surface area contributed by atoms with E-state index in [9.17, 15) is 4.79 Å². The summed E-state index contributed by atoms with van der Waals surface area (Å²) in [5, 5.41) is 12.2. The molecule has 0 radical (unpaired) electrons. The summed E-state index contributed by atoms with van der Waals surface area (Å²) >= 11 is 6.67. The molecular weight excluding hydrogens is 501 g/mol. The van der Waals surface area contributed by atoms with Gasteiger partial charge in [-0.3, -0.25) is 4.79 Å². The van der Waals surface area contributed by atoms with E-state index in [1.165, 1.54) is 12.7 Å². The van der Waals surface area contributed by atoms with Gasteiger partial charge in [0.2, 0.25) is 5.67 Å². The van der Waals surface area contributed by atoms with Gasteiger partial charge in [-0.15, -0.1) is 10.2 Å². The Morgan fingerprint density at radius 3 is 2.53 bits per heavy atom. The number of aromatic nitrogens is 3. The number of nitrogens with zero attached hydrogens (tertiary/aromatic N) is 4. The molecule has 38 heavy (non-hydrogen) atoms. The minimum Gasteiger partial charge on any atom is -0.317 e. The first-order valence-electron chi connectivity index (χ1n) is 12.9. The van der Waals surface area contributed by atoms with E-state index in [1.54, 1.807) is 59.0 Å². The summed E-state index contributed by atoms with van der Waals surface area (Å²) in [6.07, 6.45) is 5.03. The highest BCUT2D eigenvalue weighted by atomic mass is 35.5. The fraction of sp³-hybridized carbons (Fsp3) is 0.300. The van der Waals surface area contributed by atoms with Crippen molar-refractivity contribution in [3.8, 4) is 0 Å². The Balaban J connectivity index is 1.34. The molecule has 1 aliphatic heterocycles. The quantitative estimate of drug-likeness (QED) is 0.323. The number of anilines is 1. The number of amides is 1. The number of carbonyl (C=O) groups is 1. The molecule has 1 amide bonds. The zero-order chi connectivity index (χ0) is 26.5. The van der Waals surface area contributed by atoms with Crippen molar-refractivity contribution >= 4 is 23.2 Å². The predicted molar refractivity (Wildman–Crippen MR) is 146 cm³/mol. The second-order valence-corrected chi connectivity index (χ2v) is 11.0. The lowest BCUT2D eigenvalue weighted by molar-refractivity contribution is 0.0996. The number of hydrogen-bond acceptors (Lipinski definition) is 4. The summed E-state index contributed by atoms with van der Waals surface area (Å²) in [5.41, 5.74) is 1.87. The van der Waals surface area contributed by atoms with Crippen LogP contribution in [-0.2, 0) is 25.8 Å². The highest BCUT2D eigenvalue weighted by Crippen LogP contribution is 2.42. The van der Waals surface area contributed by atoms with Gasteiger partial charge >= 0.3 is 0 Å². The topological polar surface area (TPSA) is 63.1 Å². The fourth-order valence-electron chi connectivity index (χ4n) is 5.51. The van der Waals surface area contributed by atoms with Crippen LogP contribution in [0.1, 0.15) is 64.6 Å². The molecule has 2 heterocycles. The Morgan fingerprint density at radius 1 is 1.08 bits per heavy atom. The monoisotopic (exact) mass is 529 g/mol. The zero-order valence-corrected chi connectivity index (χ0v) is 22.2. The number of benzene rings is 3. The van der Waals surface area contributed by atoms with Gasteiger partial charge in [0.1, 0.15) is 6.33 Å². The number of rotatable bonds is 7. The van der Waals surface area contributed by atoms with Crippen LogP contribution in [0.4, 0.5) is 10.1 Å². The first-order valence-corrected chi connectivity index (χ1v) is 13.2. The summed E-state index contributed by atoms with van der Waals surface area (Å²) in [7, 11) is 1.72. The van der Waals surface area contributed by atoms with Gasteiger partial charge in [0, 0.05) is 52.1 Å². The number of nitrogens with one attached hydrogen (secondary N) is 1. The Bertz CT molecular complexity index is 1520. The number of fused-ring (bicyclic) bond motifs is 1. The Labute approximate surface area is 226 Å². The zero-order valence-electron chi connectivity index (χ0n) is 21.4. The van der Waals surface area contributed by atoms with E-state index >= 15 is 4.39 Å². The molecule has 1 aromatic heterocycles. The molecule has 0 unspecified atom stereocenters. The van der Waals surface area contributed by atoms with Crippen LogP contribution in [0.5, 0.6) is 0 Å². The second-order valence-electron chi connectivity index (χ2n) is 10.6. The minimum atomic E-state index is -2.06. The predicted octanol–water partition coefficient (Wildman–Crippen LogP) is 5.92. The molecule has 194 valence electrons. The van der Waals surface area contributed by atoms with Crippen molar-refractivity contribution in [2.75, 3.05) is 4.90 Å². The van der Waals surface area contributed by atoms with E-state index in [0.717, 1.165) is 24.0 Å². The lowest BCUT2D eigenvalue weighted by atomic mass is 9.78. The van der Waals surface area contributed by atoms with E-state index in [4.69, 9.17) is 11.6 Å². The van der Waals surface area contributed by atoms with E-state index in [2.05, 4.69) is 22.4 Å². The van der Waals surface area contributed by atoms with Gasteiger partial charge in [0.25, 0.3) is 5.91 Å². The van der Waals surface area contributed by atoms with Crippen LogP contribution in [0.15, 0.2) is 73.1 Å². The van der Waals surface area contributed by atoms with Crippen molar-refractivity contribution in [1.82, 2.24) is 20.1 Å². The van der Waals surface area contributed by atoms with Crippen molar-refractivity contribution in [2.45, 2.75) is 50.5 Å². The van der Waals surface area contributed by atoms with Crippen molar-refractivity contribution in [1.29, 1.82) is 0 Å². The second kappa shape index (κ2) is 9.33. The average molecular weight is 530 g/mol. The summed E-state index contributed by atoms with van der Waals surface area (Å²) < 4.78 is 18.8. The molecule has 1 saturated carbocycles. The van der Waals surface area contributed by atoms with Crippen LogP contribution in [0.3, 0.4) is 0 Å². The molecule has 1 aliphatic carbocycles. The third kappa shape index (κ3) is 4.10. The summed E-state index contributed by atoms with van der Waals surface area (Å²) in [4.78, 5) is 15.3. The van der Waals surface area contributed by atoms with Crippen molar-refractivity contribution in [2.24, 2.45) is 7.05 Å². The van der Waals surface area contributed by atoms with Crippen molar-refractivity contribution < 1.29 is 9.18 Å². The molecule has 1 N–H and O–H groups in total. The van der Waals surface area contributed by atoms with E-state index in [1.807, 2.05) is 24.3 Å². The third-order valence-corrected chi connectivity index (χ3v) is 8.31. The maximum absolute atomic E-state index is 17.2. The average Bonchev–Trinajstić information content (AvgIpc) is 3.50. The van der Waals surface area contributed by atoms with Gasteiger partial charge < -0.3 is 14.8 Å². The van der Waals surface area contributed by atoms with E-state index in [0.29, 0.717) is 40.5 Å². The minimum absolute atomic E-state index is 0.140. The molecule has 1 atom stereocenters. The molecule has 0 bridgehead atoms. The molecule has 1 fully saturated rings. The fourth-order valence-corrected chi connectivity index (χ4v) is 5.81. The van der Waals surface area contributed by atoms with Gasteiger partial charge in [0.05, 0.1) is 6.54 Å². The van der Waals surface area contributed by atoms with Gasteiger partial charge in [-0.05, 0) is 56.0 Å². The number of hydrogen-bond donors (Lipinski definition) is 1. The van der Waals surface area contributed by atoms with Crippen molar-refractivity contribution in [3.05, 3.63) is 112 Å². The maximum Gasteiger partial charge on any atom is 0.258 e. The molecule has 0 spiro atoms. The van der Waals surface area contributed by atoms with Crippen LogP contribution in [0.2, 0.25) is 5.02 Å². The number of halogens is 2. The van der Waals surface area contributed by atoms with Gasteiger partial charge in [-0.25, -0.2) is 4.39 Å². The van der Waals surface area contributed by atoms with Crippen LogP contribution in [0.25, 0.3) is 0 Å². The third-order valence-electron chi connectivity index (χ3n) is 7.97. The number of aryl methyl sites for hydroxylation is 1. The highest BCUT2D eigenvalue weighted by molar-refractivity contribution is 6.32. The molecule has 6 rings (SSSR count). The number of carbonyl (C=O) groups excluding carboxylic acids is 1. The van der Waals surface area contributed by atoms with Gasteiger partial charge in [-0.1, -0.05) is 54.1 Å². The molecule has 0 saturated heterocycles. The Kier molecular flexibility index (Phi) is 6.08. The molecule has 6 nitrogen and oxygen atoms in total. The van der Waals surface area contributed by atoms with Gasteiger partial charge in [0.15, 0.2) is 5.82 Å². The first-order chi connectivity index (χ1) is 18.3. The lowest BCUT2D eigenvalue weighted by Gasteiger charge is -2.39. The van der Waals surface area contributed by atoms with E-state index < -0.39 is 5.67 Å². The van der Waals surface area contributed by atoms with E-state index in [-0.39, 0.29) is 17.3 Å². The maximum atomic E-state index is 17.2. The van der Waals surface area contributed by atoms with Crippen LogP contribution >= 0.6 is 11.6 Å². The Morgan fingerprint density at radius 2 is 1.84 bits per heavy atom. The lowest BCUT2D eigenvalue weighted by Crippen LogP contribution is -2.47. The summed E-state index contributed by atoms with van der Waals surface area (Å²) in [6, 6.07) is 19.8. The summed E-state index contributed by atoms with van der Waals surface area (Å²) in [5.74, 6) is 0.0239. The number of alkyl halides is 1. The largest absolute Gasteiger partial charge is 0.317 e. The first kappa shape index (κ1) is 24.8. The molecule has 2 aliphatic rings.